The summed E-state index contributed by atoms with van der Waals surface area (Å²) in [5, 5.41) is 18.6. The predicted molar refractivity (Wildman–Crippen MR) is 108 cm³/mol. The Labute approximate surface area is 176 Å². The fourth-order valence-corrected chi connectivity index (χ4v) is 3.22. The van der Waals surface area contributed by atoms with Crippen molar-refractivity contribution in [2.24, 2.45) is 0 Å². The van der Waals surface area contributed by atoms with Crippen LogP contribution in [-0.4, -0.2) is 22.2 Å². The van der Waals surface area contributed by atoms with Crippen LogP contribution in [0, 0.1) is 0 Å². The van der Waals surface area contributed by atoms with E-state index in [1.165, 1.54) is 60.7 Å². The first-order valence-electron chi connectivity index (χ1n) is 7.85. The highest BCUT2D eigenvalue weighted by atomic mass is 79.9. The summed E-state index contributed by atoms with van der Waals surface area (Å²) in [6, 6.07) is 14.3. The molecule has 0 heterocycles. The van der Waals surface area contributed by atoms with E-state index in [0.717, 1.165) is 0 Å². The van der Waals surface area contributed by atoms with Gasteiger partial charge in [-0.1, -0.05) is 0 Å². The van der Waals surface area contributed by atoms with Gasteiger partial charge in [-0.2, -0.15) is 0 Å². The lowest BCUT2D eigenvalue weighted by atomic mass is 10.1. The molecule has 3 rings (SSSR count). The Morgan fingerprint density at radius 2 is 0.964 bits per heavy atom. The summed E-state index contributed by atoms with van der Waals surface area (Å²) in [4.78, 5) is 24.8. The number of hydrogen-bond donors (Lipinski definition) is 2. The van der Waals surface area contributed by atoms with Gasteiger partial charge in [-0.3, -0.25) is 0 Å². The molecule has 0 radical (unpaired) electrons. The maximum atomic E-state index is 12.4. The van der Waals surface area contributed by atoms with Gasteiger partial charge in [0.2, 0.25) is 0 Å². The molecule has 0 atom stereocenters. The second-order valence-corrected chi connectivity index (χ2v) is 7.29. The smallest absolute Gasteiger partial charge is 0.344 e. The third kappa shape index (κ3) is 4.71. The quantitative estimate of drug-likeness (QED) is 0.378. The Morgan fingerprint density at radius 3 is 1.29 bits per heavy atom. The number of carbonyl (C=O) groups excluding carboxylic acids is 2. The molecule has 3 aromatic carbocycles. The summed E-state index contributed by atoms with van der Waals surface area (Å²) in [5.74, 6) is -0.642. The number of ether oxygens (including phenoxy) is 2. The standard InChI is InChI=1S/C20H12Br2O6/c21-17-10-16(20(26)28-14-7-3-12(24)4-8-14)18(22)9-15(17)19(25)27-13-5-1-11(23)2-6-13/h1-10,23-24H. The minimum Gasteiger partial charge on any atom is -0.508 e. The molecule has 0 fully saturated rings. The summed E-state index contributed by atoms with van der Waals surface area (Å²) in [6.07, 6.45) is 0. The predicted octanol–water partition coefficient (Wildman–Crippen LogP) is 5.06. The van der Waals surface area contributed by atoms with Crippen molar-refractivity contribution >= 4 is 43.8 Å². The monoisotopic (exact) mass is 506 g/mol. The van der Waals surface area contributed by atoms with Crippen molar-refractivity contribution in [2.45, 2.75) is 0 Å². The third-order valence-electron chi connectivity index (χ3n) is 3.59. The van der Waals surface area contributed by atoms with Gasteiger partial charge in [-0.05, 0) is 92.5 Å². The van der Waals surface area contributed by atoms with Crippen molar-refractivity contribution in [3.8, 4) is 23.0 Å². The lowest BCUT2D eigenvalue weighted by molar-refractivity contribution is 0.0718. The van der Waals surface area contributed by atoms with Crippen molar-refractivity contribution in [1.82, 2.24) is 0 Å². The minimum absolute atomic E-state index is 0.0558. The van der Waals surface area contributed by atoms with Gasteiger partial charge in [-0.15, -0.1) is 0 Å². The van der Waals surface area contributed by atoms with Crippen LogP contribution in [0.2, 0.25) is 0 Å². The summed E-state index contributed by atoms with van der Waals surface area (Å²) in [5.41, 5.74) is 0.391. The van der Waals surface area contributed by atoms with Gasteiger partial charge >= 0.3 is 11.9 Å². The van der Waals surface area contributed by atoms with Crippen molar-refractivity contribution in [1.29, 1.82) is 0 Å². The SMILES string of the molecule is O=C(Oc1ccc(O)cc1)c1cc(Br)c(C(=O)Oc2ccc(O)cc2)cc1Br. The van der Waals surface area contributed by atoms with Crippen molar-refractivity contribution < 1.29 is 29.3 Å². The Bertz CT molecular complexity index is 945. The molecule has 0 saturated heterocycles. The molecule has 0 aliphatic heterocycles. The maximum Gasteiger partial charge on any atom is 0.344 e. The van der Waals surface area contributed by atoms with Gasteiger partial charge in [0, 0.05) is 8.95 Å². The Morgan fingerprint density at radius 1 is 0.643 bits per heavy atom. The number of phenolic OH excluding ortho intramolecular Hbond substituents is 2. The molecular weight excluding hydrogens is 496 g/mol. The van der Waals surface area contributed by atoms with E-state index < -0.39 is 11.9 Å². The molecule has 0 aromatic heterocycles. The molecule has 2 N–H and O–H groups in total. The lowest BCUT2D eigenvalue weighted by Gasteiger charge is -2.10. The average molecular weight is 508 g/mol. The van der Waals surface area contributed by atoms with E-state index in [0.29, 0.717) is 8.95 Å². The first kappa shape index (κ1) is 19.9. The molecular formula is C20H12Br2O6. The van der Waals surface area contributed by atoms with Crippen LogP contribution in [0.15, 0.2) is 69.6 Å². The normalized spacial score (nSPS) is 10.4. The van der Waals surface area contributed by atoms with Crippen molar-refractivity contribution in [3.05, 3.63) is 80.7 Å². The van der Waals surface area contributed by atoms with Crippen LogP contribution >= 0.6 is 31.9 Å². The molecule has 0 unspecified atom stereocenters. The van der Waals surface area contributed by atoms with E-state index in [-0.39, 0.29) is 34.1 Å². The van der Waals surface area contributed by atoms with Crippen LogP contribution in [0.3, 0.4) is 0 Å². The van der Waals surface area contributed by atoms with Crippen LogP contribution in [0.1, 0.15) is 20.7 Å². The second kappa shape index (κ2) is 8.45. The third-order valence-corrected chi connectivity index (χ3v) is 4.90. The summed E-state index contributed by atoms with van der Waals surface area (Å²) < 4.78 is 11.2. The van der Waals surface area contributed by atoms with Gasteiger partial charge in [0.05, 0.1) is 11.1 Å². The van der Waals surface area contributed by atoms with E-state index in [1.807, 2.05) is 0 Å². The molecule has 0 spiro atoms. The van der Waals surface area contributed by atoms with Crippen molar-refractivity contribution in [2.75, 3.05) is 0 Å². The first-order chi connectivity index (χ1) is 13.3. The molecule has 28 heavy (non-hydrogen) atoms. The van der Waals surface area contributed by atoms with E-state index in [9.17, 15) is 19.8 Å². The Hall–Kier alpha value is -2.84. The number of hydrogen-bond acceptors (Lipinski definition) is 6. The number of aromatic hydroxyl groups is 2. The van der Waals surface area contributed by atoms with Crippen LogP contribution in [-0.2, 0) is 0 Å². The van der Waals surface area contributed by atoms with Gasteiger partial charge in [-0.25, -0.2) is 9.59 Å². The zero-order valence-corrected chi connectivity index (χ0v) is 17.2. The van der Waals surface area contributed by atoms with Gasteiger partial charge in [0.1, 0.15) is 23.0 Å². The molecule has 0 amide bonds. The van der Waals surface area contributed by atoms with Crippen LogP contribution in [0.25, 0.3) is 0 Å². The van der Waals surface area contributed by atoms with Crippen LogP contribution in [0.5, 0.6) is 23.0 Å². The molecule has 3 aromatic rings. The summed E-state index contributed by atoms with van der Waals surface area (Å²) >= 11 is 6.54. The van der Waals surface area contributed by atoms with Crippen molar-refractivity contribution in [3.63, 3.8) is 0 Å². The second-order valence-electron chi connectivity index (χ2n) is 5.58. The zero-order chi connectivity index (χ0) is 20.3. The topological polar surface area (TPSA) is 93.1 Å². The molecule has 0 bridgehead atoms. The molecule has 0 aliphatic rings. The highest BCUT2D eigenvalue weighted by Gasteiger charge is 2.20. The van der Waals surface area contributed by atoms with E-state index in [1.54, 1.807) is 0 Å². The van der Waals surface area contributed by atoms with E-state index in [2.05, 4.69) is 31.9 Å². The molecule has 6 nitrogen and oxygen atoms in total. The number of carbonyl (C=O) groups is 2. The summed E-state index contributed by atoms with van der Waals surface area (Å²) in [7, 11) is 0. The largest absolute Gasteiger partial charge is 0.508 e. The first-order valence-corrected chi connectivity index (χ1v) is 9.43. The van der Waals surface area contributed by atoms with Gasteiger partial charge < -0.3 is 19.7 Å². The number of esters is 2. The molecule has 0 saturated carbocycles. The summed E-state index contributed by atoms with van der Waals surface area (Å²) in [6.45, 7) is 0. The maximum absolute atomic E-state index is 12.4. The van der Waals surface area contributed by atoms with E-state index in [4.69, 9.17) is 9.47 Å². The Balaban J connectivity index is 1.79. The molecule has 142 valence electrons. The van der Waals surface area contributed by atoms with Crippen LogP contribution in [0.4, 0.5) is 0 Å². The number of benzene rings is 3. The fraction of sp³-hybridized carbons (Fsp3) is 0. The average Bonchev–Trinajstić information content (AvgIpc) is 2.66. The van der Waals surface area contributed by atoms with Crippen LogP contribution < -0.4 is 9.47 Å². The minimum atomic E-state index is -0.642. The molecule has 0 aliphatic carbocycles. The fourth-order valence-electron chi connectivity index (χ4n) is 2.21. The number of phenols is 2. The lowest BCUT2D eigenvalue weighted by Crippen LogP contribution is -2.13. The zero-order valence-electron chi connectivity index (χ0n) is 14.1. The highest BCUT2D eigenvalue weighted by Crippen LogP contribution is 2.29. The van der Waals surface area contributed by atoms with Gasteiger partial charge in [0.25, 0.3) is 0 Å². The Kier molecular flexibility index (Phi) is 6.01. The van der Waals surface area contributed by atoms with E-state index >= 15 is 0 Å². The molecule has 8 heteroatoms. The highest BCUT2D eigenvalue weighted by molar-refractivity contribution is 9.11. The number of halogens is 2. The van der Waals surface area contributed by atoms with Gasteiger partial charge in [0.15, 0.2) is 0 Å². The number of rotatable bonds is 4.